The van der Waals surface area contributed by atoms with Crippen LogP contribution in [0.1, 0.15) is 18.5 Å². The molecule has 1 unspecified atom stereocenters. The zero-order valence-electron chi connectivity index (χ0n) is 12.5. The molecule has 1 heterocycles. The number of benzene rings is 1. The molecule has 1 fully saturated rings. The molecular weight excluding hydrogens is 290 g/mol. The van der Waals surface area contributed by atoms with Crippen molar-refractivity contribution in [3.8, 4) is 5.75 Å². The number of carbonyl (C=O) groups is 1. The van der Waals surface area contributed by atoms with E-state index < -0.39 is 0 Å². The van der Waals surface area contributed by atoms with Crippen molar-refractivity contribution >= 4 is 17.5 Å². The van der Waals surface area contributed by atoms with Gasteiger partial charge in [0, 0.05) is 32.2 Å². The molecule has 0 spiro atoms. The van der Waals surface area contributed by atoms with Gasteiger partial charge in [-0.25, -0.2) is 0 Å². The van der Waals surface area contributed by atoms with E-state index >= 15 is 0 Å². The lowest BCUT2D eigenvalue weighted by molar-refractivity contribution is -0.134. The largest absolute Gasteiger partial charge is 0.482 e. The Bertz CT molecular complexity index is 500. The van der Waals surface area contributed by atoms with Crippen LogP contribution in [0, 0.1) is 0 Å². The summed E-state index contributed by atoms with van der Waals surface area (Å²) in [7, 11) is 2.05. The molecule has 1 aromatic carbocycles. The average Bonchev–Trinajstić information content (AvgIpc) is 2.46. The Balaban J connectivity index is 1.89. The van der Waals surface area contributed by atoms with Gasteiger partial charge in [0.25, 0.3) is 5.91 Å². The average molecular weight is 312 g/mol. The zero-order valence-corrected chi connectivity index (χ0v) is 13.3. The van der Waals surface area contributed by atoms with Crippen LogP contribution in [0.2, 0.25) is 5.02 Å². The number of ether oxygens (including phenoxy) is 1. The van der Waals surface area contributed by atoms with Crippen molar-refractivity contribution in [2.75, 3.05) is 39.8 Å². The van der Waals surface area contributed by atoms with E-state index in [2.05, 4.69) is 11.9 Å². The summed E-state index contributed by atoms with van der Waals surface area (Å²) in [5.74, 6) is 0.513. The third-order valence-corrected chi connectivity index (χ3v) is 3.98. The van der Waals surface area contributed by atoms with E-state index in [4.69, 9.17) is 22.1 Å². The van der Waals surface area contributed by atoms with E-state index in [-0.39, 0.29) is 18.6 Å². The van der Waals surface area contributed by atoms with E-state index in [9.17, 15) is 4.79 Å². The first-order chi connectivity index (χ1) is 9.97. The van der Waals surface area contributed by atoms with Gasteiger partial charge in [-0.05, 0) is 31.7 Å². The molecule has 0 radical (unpaired) electrons. The predicted octanol–water partition coefficient (Wildman–Crippen LogP) is 1.51. The number of hydrogen-bond acceptors (Lipinski definition) is 4. The molecule has 1 amide bonds. The molecular formula is C15H22ClN3O2. The topological polar surface area (TPSA) is 58.8 Å². The molecule has 1 aliphatic rings. The van der Waals surface area contributed by atoms with Gasteiger partial charge >= 0.3 is 0 Å². The van der Waals surface area contributed by atoms with Crippen LogP contribution >= 0.6 is 11.6 Å². The lowest BCUT2D eigenvalue weighted by Crippen LogP contribution is -2.48. The maximum absolute atomic E-state index is 12.1. The van der Waals surface area contributed by atoms with Crippen LogP contribution in [0.15, 0.2) is 18.2 Å². The number of carbonyl (C=O) groups excluding carboxylic acids is 1. The Labute approximate surface area is 130 Å². The molecule has 0 aromatic heterocycles. The highest BCUT2D eigenvalue weighted by Crippen LogP contribution is 2.27. The minimum atomic E-state index is -0.0801. The van der Waals surface area contributed by atoms with Crippen LogP contribution in [0.25, 0.3) is 0 Å². The van der Waals surface area contributed by atoms with Crippen molar-refractivity contribution in [2.45, 2.75) is 13.0 Å². The lowest BCUT2D eigenvalue weighted by Gasteiger charge is -2.32. The smallest absolute Gasteiger partial charge is 0.260 e. The van der Waals surface area contributed by atoms with Crippen molar-refractivity contribution in [1.82, 2.24) is 9.80 Å². The number of nitrogens with two attached hydrogens (primary N) is 1. The van der Waals surface area contributed by atoms with E-state index in [0.29, 0.717) is 10.8 Å². The highest BCUT2D eigenvalue weighted by molar-refractivity contribution is 6.32. The molecule has 1 aromatic rings. The van der Waals surface area contributed by atoms with Gasteiger partial charge in [-0.3, -0.25) is 4.79 Å². The van der Waals surface area contributed by atoms with Gasteiger partial charge in [0.05, 0.1) is 5.02 Å². The number of hydrogen-bond donors (Lipinski definition) is 1. The maximum Gasteiger partial charge on any atom is 0.260 e. The van der Waals surface area contributed by atoms with Crippen LogP contribution in [0.5, 0.6) is 5.75 Å². The number of amides is 1. The summed E-state index contributed by atoms with van der Waals surface area (Å²) in [6.45, 7) is 5.20. The molecule has 0 aliphatic carbocycles. The Morgan fingerprint density at radius 1 is 1.38 bits per heavy atom. The first-order valence-corrected chi connectivity index (χ1v) is 7.49. The number of halogens is 1. The van der Waals surface area contributed by atoms with Crippen molar-refractivity contribution < 1.29 is 9.53 Å². The van der Waals surface area contributed by atoms with Crippen molar-refractivity contribution in [1.29, 1.82) is 0 Å². The van der Waals surface area contributed by atoms with Crippen molar-refractivity contribution in [3.05, 3.63) is 28.8 Å². The first-order valence-electron chi connectivity index (χ1n) is 7.11. The molecule has 2 rings (SSSR count). The van der Waals surface area contributed by atoms with Gasteiger partial charge in [-0.2, -0.15) is 0 Å². The highest BCUT2D eigenvalue weighted by Gasteiger charge is 2.19. The predicted molar refractivity (Wildman–Crippen MR) is 83.6 cm³/mol. The number of likely N-dealkylation sites (N-methyl/N-ethyl adjacent to an activating group) is 1. The van der Waals surface area contributed by atoms with E-state index in [0.717, 1.165) is 31.7 Å². The molecule has 0 bridgehead atoms. The van der Waals surface area contributed by atoms with Crippen molar-refractivity contribution in [3.63, 3.8) is 0 Å². The summed E-state index contributed by atoms with van der Waals surface area (Å²) < 4.78 is 5.54. The third kappa shape index (κ3) is 4.33. The first kappa shape index (κ1) is 16.1. The monoisotopic (exact) mass is 311 g/mol. The summed E-state index contributed by atoms with van der Waals surface area (Å²) in [6, 6.07) is 5.33. The van der Waals surface area contributed by atoms with Crippen LogP contribution in [0.4, 0.5) is 0 Å². The fourth-order valence-electron chi connectivity index (χ4n) is 2.20. The molecule has 6 heteroatoms. The minimum absolute atomic E-state index is 0.00423. The minimum Gasteiger partial charge on any atom is -0.482 e. The molecule has 1 saturated heterocycles. The van der Waals surface area contributed by atoms with Gasteiger partial charge < -0.3 is 20.3 Å². The summed E-state index contributed by atoms with van der Waals surface area (Å²) in [5, 5.41) is 0.482. The second-order valence-corrected chi connectivity index (χ2v) is 5.86. The standard InChI is InChI=1S/C15H22ClN3O2/c1-11(17)12-3-4-14(13(16)9-12)21-10-15(20)19-7-5-18(2)6-8-19/h3-4,9,11H,5-8,10,17H2,1-2H3. The summed E-state index contributed by atoms with van der Waals surface area (Å²) in [4.78, 5) is 16.1. The lowest BCUT2D eigenvalue weighted by atomic mass is 10.1. The summed E-state index contributed by atoms with van der Waals surface area (Å²) >= 11 is 6.15. The fourth-order valence-corrected chi connectivity index (χ4v) is 2.45. The van der Waals surface area contributed by atoms with Gasteiger partial charge in [0.15, 0.2) is 6.61 Å². The van der Waals surface area contributed by atoms with Gasteiger partial charge in [-0.1, -0.05) is 17.7 Å². The van der Waals surface area contributed by atoms with Gasteiger partial charge in [0.1, 0.15) is 5.75 Å². The molecule has 0 saturated carbocycles. The maximum atomic E-state index is 12.1. The van der Waals surface area contributed by atoms with Crippen LogP contribution in [-0.2, 0) is 4.79 Å². The zero-order chi connectivity index (χ0) is 15.4. The Hall–Kier alpha value is -1.30. The Morgan fingerprint density at radius 3 is 2.62 bits per heavy atom. The number of rotatable bonds is 4. The van der Waals surface area contributed by atoms with Crippen LogP contribution in [-0.4, -0.2) is 55.5 Å². The third-order valence-electron chi connectivity index (χ3n) is 3.69. The highest BCUT2D eigenvalue weighted by atomic mass is 35.5. The van der Waals surface area contributed by atoms with E-state index in [1.807, 2.05) is 17.9 Å². The molecule has 2 N–H and O–H groups in total. The second kappa shape index (κ2) is 7.11. The second-order valence-electron chi connectivity index (χ2n) is 5.45. The Morgan fingerprint density at radius 2 is 2.05 bits per heavy atom. The van der Waals surface area contributed by atoms with Crippen LogP contribution < -0.4 is 10.5 Å². The van der Waals surface area contributed by atoms with Crippen LogP contribution in [0.3, 0.4) is 0 Å². The van der Waals surface area contributed by atoms with Gasteiger partial charge in [0.2, 0.25) is 0 Å². The summed E-state index contributed by atoms with van der Waals surface area (Å²) in [6.07, 6.45) is 0. The molecule has 116 valence electrons. The number of nitrogens with zero attached hydrogens (tertiary/aromatic N) is 2. The normalized spacial score (nSPS) is 17.6. The van der Waals surface area contributed by atoms with E-state index in [1.165, 1.54) is 0 Å². The quantitative estimate of drug-likeness (QED) is 0.916. The Kier molecular flexibility index (Phi) is 5.45. The van der Waals surface area contributed by atoms with E-state index in [1.54, 1.807) is 12.1 Å². The molecule has 1 aliphatic heterocycles. The SMILES string of the molecule is CC(N)c1ccc(OCC(=O)N2CCN(C)CC2)c(Cl)c1. The molecule has 21 heavy (non-hydrogen) atoms. The molecule has 5 nitrogen and oxygen atoms in total. The summed E-state index contributed by atoms with van der Waals surface area (Å²) in [5.41, 5.74) is 6.74. The fraction of sp³-hybridized carbons (Fsp3) is 0.533. The van der Waals surface area contributed by atoms with Gasteiger partial charge in [-0.15, -0.1) is 0 Å². The molecule has 1 atom stereocenters. The van der Waals surface area contributed by atoms with Crippen molar-refractivity contribution in [2.24, 2.45) is 5.73 Å². The number of piperazine rings is 1.